The number of aromatic amines is 1. The molecule has 0 spiro atoms. The molecule has 0 aliphatic carbocycles. The number of hydrogen-bond donors (Lipinski definition) is 1. The highest BCUT2D eigenvalue weighted by Crippen LogP contribution is 2.40. The average molecular weight is 516 g/mol. The molecule has 6 rings (SSSR count). The average Bonchev–Trinajstić information content (AvgIpc) is 3.26. The Morgan fingerprint density at radius 1 is 1.00 bits per heavy atom. The fourth-order valence-corrected chi connectivity index (χ4v) is 5.04. The topological polar surface area (TPSA) is 83.1 Å². The van der Waals surface area contributed by atoms with Crippen molar-refractivity contribution in [1.29, 1.82) is 0 Å². The van der Waals surface area contributed by atoms with E-state index in [2.05, 4.69) is 24.9 Å². The summed E-state index contributed by atoms with van der Waals surface area (Å²) in [5.41, 5.74) is 2.51. The number of aromatic nitrogens is 5. The van der Waals surface area contributed by atoms with E-state index in [-0.39, 0.29) is 5.95 Å². The summed E-state index contributed by atoms with van der Waals surface area (Å²) in [5.74, 6) is 0.581. The normalized spacial score (nSPS) is 18.5. The summed E-state index contributed by atoms with van der Waals surface area (Å²) in [4.78, 5) is 24.5. The summed E-state index contributed by atoms with van der Waals surface area (Å²) < 4.78 is 45.7. The number of rotatable bonds is 3. The van der Waals surface area contributed by atoms with Crippen LogP contribution in [0.5, 0.6) is 0 Å². The third kappa shape index (κ3) is 4.11. The van der Waals surface area contributed by atoms with E-state index in [1.807, 2.05) is 17.0 Å². The molecule has 3 aromatic heterocycles. The maximum absolute atomic E-state index is 13.4. The molecule has 12 heteroatoms. The molecular weight excluding hydrogens is 495 g/mol. The summed E-state index contributed by atoms with van der Waals surface area (Å²) in [6, 6.07) is 5.96. The first-order chi connectivity index (χ1) is 17.4. The lowest BCUT2D eigenvalue weighted by molar-refractivity contribution is -0.141. The van der Waals surface area contributed by atoms with Gasteiger partial charge in [0.2, 0.25) is 11.9 Å². The van der Waals surface area contributed by atoms with Crippen LogP contribution >= 0.6 is 11.6 Å². The van der Waals surface area contributed by atoms with Crippen LogP contribution in [0, 0.1) is 0 Å². The highest BCUT2D eigenvalue weighted by atomic mass is 35.5. The maximum atomic E-state index is 13.4. The van der Waals surface area contributed by atoms with E-state index in [4.69, 9.17) is 16.3 Å². The number of halogens is 4. The maximum Gasteiger partial charge on any atom is 0.433 e. The molecule has 0 amide bonds. The van der Waals surface area contributed by atoms with Crippen LogP contribution in [0.15, 0.2) is 42.9 Å². The molecule has 186 valence electrons. The number of hydrogen-bond acceptors (Lipinski definition) is 7. The van der Waals surface area contributed by atoms with E-state index in [0.29, 0.717) is 55.8 Å². The van der Waals surface area contributed by atoms with Gasteiger partial charge in [0.25, 0.3) is 0 Å². The van der Waals surface area contributed by atoms with Gasteiger partial charge < -0.3 is 19.5 Å². The molecule has 1 fully saturated rings. The van der Waals surface area contributed by atoms with E-state index in [9.17, 15) is 13.2 Å². The van der Waals surface area contributed by atoms with E-state index >= 15 is 0 Å². The Morgan fingerprint density at radius 3 is 2.53 bits per heavy atom. The summed E-state index contributed by atoms with van der Waals surface area (Å²) in [7, 11) is 0. The lowest BCUT2D eigenvalue weighted by Crippen LogP contribution is -2.38. The number of fused-ring (bicyclic) bond motifs is 3. The fourth-order valence-electron chi connectivity index (χ4n) is 4.87. The zero-order valence-electron chi connectivity index (χ0n) is 19.0. The van der Waals surface area contributed by atoms with Crippen molar-refractivity contribution in [3.63, 3.8) is 0 Å². The first-order valence-electron chi connectivity index (χ1n) is 11.5. The van der Waals surface area contributed by atoms with Crippen molar-refractivity contribution in [2.75, 3.05) is 42.6 Å². The predicted octanol–water partition coefficient (Wildman–Crippen LogP) is 4.41. The zero-order chi connectivity index (χ0) is 24.9. The van der Waals surface area contributed by atoms with Gasteiger partial charge in [-0.2, -0.15) is 13.2 Å². The quantitative estimate of drug-likeness (QED) is 0.433. The molecule has 0 unspecified atom stereocenters. The number of ether oxygens (including phenoxy) is 1. The Morgan fingerprint density at radius 2 is 1.78 bits per heavy atom. The molecular formula is C24H21ClF3N7O. The second-order valence-corrected chi connectivity index (χ2v) is 9.14. The van der Waals surface area contributed by atoms with E-state index < -0.39 is 17.9 Å². The number of nitrogens with zero attached hydrogens (tertiary/aromatic N) is 6. The summed E-state index contributed by atoms with van der Waals surface area (Å²) >= 11 is 6.26. The Labute approximate surface area is 209 Å². The predicted molar refractivity (Wildman–Crippen MR) is 128 cm³/mol. The Kier molecular flexibility index (Phi) is 5.68. The smallest absolute Gasteiger partial charge is 0.378 e. The van der Waals surface area contributed by atoms with Crippen LogP contribution in [-0.4, -0.2) is 57.8 Å². The van der Waals surface area contributed by atoms with E-state index in [1.54, 1.807) is 23.4 Å². The molecule has 1 N–H and O–H groups in total. The van der Waals surface area contributed by atoms with Crippen molar-refractivity contribution in [3.05, 3.63) is 70.4 Å². The second kappa shape index (κ2) is 8.90. The van der Waals surface area contributed by atoms with Gasteiger partial charge >= 0.3 is 6.18 Å². The van der Waals surface area contributed by atoms with Gasteiger partial charge in [-0.15, -0.1) is 0 Å². The number of morpholine rings is 1. The largest absolute Gasteiger partial charge is 0.433 e. The van der Waals surface area contributed by atoms with Gasteiger partial charge in [-0.1, -0.05) is 11.6 Å². The van der Waals surface area contributed by atoms with Crippen LogP contribution in [0.3, 0.4) is 0 Å². The zero-order valence-corrected chi connectivity index (χ0v) is 19.7. The van der Waals surface area contributed by atoms with Gasteiger partial charge in [0.1, 0.15) is 11.7 Å². The van der Waals surface area contributed by atoms with E-state index in [1.165, 1.54) is 0 Å². The highest BCUT2D eigenvalue weighted by Gasteiger charge is 2.37. The molecule has 0 bridgehead atoms. The Bertz CT molecular complexity index is 1400. The molecule has 0 saturated carbocycles. The molecule has 2 aliphatic rings. The lowest BCUT2D eigenvalue weighted by Gasteiger charge is -2.36. The van der Waals surface area contributed by atoms with Crippen LogP contribution in [0.4, 0.5) is 25.1 Å². The minimum Gasteiger partial charge on any atom is -0.378 e. The first-order valence-corrected chi connectivity index (χ1v) is 11.9. The summed E-state index contributed by atoms with van der Waals surface area (Å²) in [5, 5.41) is 1.60. The minimum atomic E-state index is -4.57. The van der Waals surface area contributed by atoms with Crippen molar-refractivity contribution in [2.24, 2.45) is 0 Å². The van der Waals surface area contributed by atoms with Gasteiger partial charge in [-0.3, -0.25) is 0 Å². The molecule has 8 nitrogen and oxygen atoms in total. The van der Waals surface area contributed by atoms with Gasteiger partial charge in [0.15, 0.2) is 0 Å². The number of nitrogens with one attached hydrogen (secondary N) is 1. The number of alkyl halides is 3. The Balaban J connectivity index is 1.45. The molecule has 0 radical (unpaired) electrons. The van der Waals surface area contributed by atoms with Crippen LogP contribution in [0.2, 0.25) is 5.02 Å². The minimum absolute atomic E-state index is 0.00517. The van der Waals surface area contributed by atoms with Crippen molar-refractivity contribution >= 4 is 34.4 Å². The standard InChI is InChI=1S/C24H21ClF3N7O/c25-15-1-2-18-17(11-15)16-4-6-35(23-29-5-3-19(33-23)24(26,27)28)21(20(16)32-18)14-12-30-22(31-13-14)34-7-9-36-10-8-34/h1-3,5,11-13,21,32H,4,6-10H2/t21-/m0/s1. The first kappa shape index (κ1) is 23.0. The SMILES string of the molecule is FC(F)(F)c1ccnc(N2CCc3c([nH]c4ccc(Cl)cc34)[C@@H]2c2cnc(N3CCOCC3)nc2)n1. The third-order valence-electron chi connectivity index (χ3n) is 6.55. The van der Waals surface area contributed by atoms with Crippen molar-refractivity contribution < 1.29 is 17.9 Å². The second-order valence-electron chi connectivity index (χ2n) is 8.71. The Hall–Kier alpha value is -3.44. The third-order valence-corrected chi connectivity index (χ3v) is 6.78. The fraction of sp³-hybridized carbons (Fsp3) is 0.333. The molecule has 36 heavy (non-hydrogen) atoms. The number of benzene rings is 1. The van der Waals surface area contributed by atoms with Crippen molar-refractivity contribution in [2.45, 2.75) is 18.6 Å². The monoisotopic (exact) mass is 515 g/mol. The highest BCUT2D eigenvalue weighted by molar-refractivity contribution is 6.31. The van der Waals surface area contributed by atoms with Crippen molar-refractivity contribution in [3.8, 4) is 0 Å². The molecule has 1 aromatic carbocycles. The summed E-state index contributed by atoms with van der Waals surface area (Å²) in [6.45, 7) is 3.01. The molecule has 2 aliphatic heterocycles. The van der Waals surface area contributed by atoms with Crippen LogP contribution < -0.4 is 9.80 Å². The lowest BCUT2D eigenvalue weighted by atomic mass is 9.94. The van der Waals surface area contributed by atoms with Crippen LogP contribution in [-0.2, 0) is 17.3 Å². The molecule has 1 saturated heterocycles. The number of H-pyrrole nitrogens is 1. The van der Waals surface area contributed by atoms with Crippen LogP contribution in [0.25, 0.3) is 10.9 Å². The number of anilines is 2. The molecule has 4 aromatic rings. The van der Waals surface area contributed by atoms with Gasteiger partial charge in [-0.25, -0.2) is 19.9 Å². The van der Waals surface area contributed by atoms with Gasteiger partial charge in [0.05, 0.1) is 13.2 Å². The summed E-state index contributed by atoms with van der Waals surface area (Å²) in [6.07, 6.45) is 0.585. The molecule has 5 heterocycles. The van der Waals surface area contributed by atoms with Crippen molar-refractivity contribution in [1.82, 2.24) is 24.9 Å². The molecule has 1 atom stereocenters. The van der Waals surface area contributed by atoms with Crippen LogP contribution in [0.1, 0.15) is 28.6 Å². The van der Waals surface area contributed by atoms with Gasteiger partial charge in [0, 0.05) is 65.4 Å². The van der Waals surface area contributed by atoms with Gasteiger partial charge in [-0.05, 0) is 36.2 Å². The van der Waals surface area contributed by atoms with E-state index in [0.717, 1.165) is 34.4 Å².